The summed E-state index contributed by atoms with van der Waals surface area (Å²) < 4.78 is 11.4. The van der Waals surface area contributed by atoms with Crippen molar-refractivity contribution in [2.45, 2.75) is 25.6 Å². The number of thiocarbonyl (C=S) groups is 1. The number of rotatable bonds is 6. The van der Waals surface area contributed by atoms with Crippen molar-refractivity contribution in [1.82, 2.24) is 5.32 Å². The zero-order valence-corrected chi connectivity index (χ0v) is 16.0. The topological polar surface area (TPSA) is 30.5 Å². The van der Waals surface area contributed by atoms with Gasteiger partial charge in [-0.3, -0.25) is 0 Å². The second-order valence-corrected chi connectivity index (χ2v) is 7.13. The molecule has 3 nitrogen and oxygen atoms in total. The number of halogens is 2. The Morgan fingerprint density at radius 3 is 2.84 bits per heavy atom. The summed E-state index contributed by atoms with van der Waals surface area (Å²) >= 11 is 17.4. The Labute approximate surface area is 163 Å². The van der Waals surface area contributed by atoms with Crippen molar-refractivity contribution in [3.63, 3.8) is 0 Å². The molecule has 2 aromatic carbocycles. The van der Waals surface area contributed by atoms with Gasteiger partial charge >= 0.3 is 0 Å². The molecule has 1 saturated heterocycles. The largest absolute Gasteiger partial charge is 0.489 e. The van der Waals surface area contributed by atoms with E-state index in [4.69, 9.17) is 44.9 Å². The molecule has 6 heteroatoms. The standard InChI is InChI=1S/C19H19Cl2NO2S/c20-17-7-6-13(9-18(17)21)12-24-15-4-1-3-14(10-15)19(25)22-11-16-5-2-8-23-16/h1,3-4,6-7,9-10,16H,2,5,8,11-12H2,(H,22,25)/t16-/m1/s1. The summed E-state index contributed by atoms with van der Waals surface area (Å²) in [6.07, 6.45) is 2.46. The molecule has 1 fully saturated rings. The highest BCUT2D eigenvalue weighted by Gasteiger charge is 2.15. The van der Waals surface area contributed by atoms with Crippen LogP contribution in [-0.2, 0) is 11.3 Å². The maximum Gasteiger partial charge on any atom is 0.120 e. The van der Waals surface area contributed by atoms with Crippen LogP contribution in [0.2, 0.25) is 10.0 Å². The third kappa shape index (κ3) is 5.32. The Bertz CT molecular complexity index is 748. The monoisotopic (exact) mass is 395 g/mol. The second kappa shape index (κ2) is 8.86. The first-order chi connectivity index (χ1) is 12.1. The quantitative estimate of drug-likeness (QED) is 0.695. The van der Waals surface area contributed by atoms with Crippen molar-refractivity contribution in [2.75, 3.05) is 13.2 Å². The molecule has 1 atom stereocenters. The van der Waals surface area contributed by atoms with Gasteiger partial charge in [0.1, 0.15) is 17.3 Å². The van der Waals surface area contributed by atoms with Gasteiger partial charge in [0, 0.05) is 18.7 Å². The van der Waals surface area contributed by atoms with Gasteiger partial charge in [0.2, 0.25) is 0 Å². The van der Waals surface area contributed by atoms with E-state index in [2.05, 4.69) is 5.32 Å². The van der Waals surface area contributed by atoms with Crippen LogP contribution in [0.3, 0.4) is 0 Å². The van der Waals surface area contributed by atoms with E-state index in [-0.39, 0.29) is 6.10 Å². The lowest BCUT2D eigenvalue weighted by Crippen LogP contribution is -2.31. The first-order valence-corrected chi connectivity index (χ1v) is 9.35. The maximum absolute atomic E-state index is 6.03. The highest BCUT2D eigenvalue weighted by molar-refractivity contribution is 7.80. The molecule has 2 aromatic rings. The predicted octanol–water partition coefficient (Wildman–Crippen LogP) is 5.02. The SMILES string of the molecule is S=C(NC[C@H]1CCCO1)c1cccc(OCc2ccc(Cl)c(Cl)c2)c1. The van der Waals surface area contributed by atoms with Crippen LogP contribution in [0, 0.1) is 0 Å². The van der Waals surface area contributed by atoms with Gasteiger partial charge in [-0.15, -0.1) is 0 Å². The lowest BCUT2D eigenvalue weighted by Gasteiger charge is -2.14. The van der Waals surface area contributed by atoms with E-state index in [0.29, 0.717) is 21.6 Å². The first kappa shape index (κ1) is 18.5. The number of benzene rings is 2. The summed E-state index contributed by atoms with van der Waals surface area (Å²) in [7, 11) is 0. The average Bonchev–Trinajstić information content (AvgIpc) is 3.14. The van der Waals surface area contributed by atoms with Gasteiger partial charge in [-0.05, 0) is 42.7 Å². The zero-order valence-electron chi connectivity index (χ0n) is 13.6. The Balaban J connectivity index is 1.56. The summed E-state index contributed by atoms with van der Waals surface area (Å²) in [5, 5.41) is 4.34. The van der Waals surface area contributed by atoms with E-state index in [0.717, 1.165) is 42.9 Å². The summed E-state index contributed by atoms with van der Waals surface area (Å²) in [6.45, 7) is 2.00. The van der Waals surface area contributed by atoms with E-state index in [1.165, 1.54) is 0 Å². The van der Waals surface area contributed by atoms with Crippen LogP contribution in [-0.4, -0.2) is 24.2 Å². The van der Waals surface area contributed by atoms with Gasteiger partial charge in [-0.25, -0.2) is 0 Å². The first-order valence-electron chi connectivity index (χ1n) is 8.18. The molecule has 0 aromatic heterocycles. The Kier molecular flexibility index (Phi) is 6.54. The zero-order chi connectivity index (χ0) is 17.6. The highest BCUT2D eigenvalue weighted by Crippen LogP contribution is 2.23. The summed E-state index contributed by atoms with van der Waals surface area (Å²) in [5.41, 5.74) is 1.89. The molecule has 0 amide bonds. The lowest BCUT2D eigenvalue weighted by molar-refractivity contribution is 0.114. The molecule has 0 saturated carbocycles. The van der Waals surface area contributed by atoms with Gasteiger partial charge in [-0.1, -0.05) is 53.6 Å². The third-order valence-corrected chi connectivity index (χ3v) is 5.12. The lowest BCUT2D eigenvalue weighted by atomic mass is 10.2. The Morgan fingerprint density at radius 2 is 2.08 bits per heavy atom. The number of hydrogen-bond acceptors (Lipinski definition) is 3. The molecule has 132 valence electrons. The molecule has 0 spiro atoms. The normalized spacial score (nSPS) is 16.6. The van der Waals surface area contributed by atoms with Crippen LogP contribution in [0.4, 0.5) is 0 Å². The van der Waals surface area contributed by atoms with Crippen LogP contribution in [0.5, 0.6) is 5.75 Å². The molecule has 0 bridgehead atoms. The van der Waals surface area contributed by atoms with Crippen molar-refractivity contribution < 1.29 is 9.47 Å². The fraction of sp³-hybridized carbons (Fsp3) is 0.316. The smallest absolute Gasteiger partial charge is 0.120 e. The van der Waals surface area contributed by atoms with Crippen molar-refractivity contribution in [1.29, 1.82) is 0 Å². The van der Waals surface area contributed by atoms with E-state index in [1.54, 1.807) is 6.07 Å². The van der Waals surface area contributed by atoms with Gasteiger partial charge in [0.05, 0.1) is 16.1 Å². The summed E-state index contributed by atoms with van der Waals surface area (Å²) in [4.78, 5) is 0.704. The number of hydrogen-bond donors (Lipinski definition) is 1. The Hall–Kier alpha value is -1.33. The van der Waals surface area contributed by atoms with Gasteiger partial charge in [0.25, 0.3) is 0 Å². The molecule has 1 heterocycles. The van der Waals surface area contributed by atoms with Crippen LogP contribution >= 0.6 is 35.4 Å². The van der Waals surface area contributed by atoms with E-state index in [9.17, 15) is 0 Å². The molecule has 0 unspecified atom stereocenters. The second-order valence-electron chi connectivity index (χ2n) is 5.91. The minimum atomic E-state index is 0.257. The Morgan fingerprint density at radius 1 is 1.20 bits per heavy atom. The molecule has 0 radical (unpaired) electrons. The molecule has 3 rings (SSSR count). The molecular formula is C19H19Cl2NO2S. The molecule has 1 N–H and O–H groups in total. The summed E-state index contributed by atoms with van der Waals surface area (Å²) in [5.74, 6) is 0.754. The van der Waals surface area contributed by atoms with E-state index in [1.807, 2.05) is 36.4 Å². The molecule has 25 heavy (non-hydrogen) atoms. The van der Waals surface area contributed by atoms with Crippen molar-refractivity contribution >= 4 is 40.4 Å². The molecule has 1 aliphatic rings. The van der Waals surface area contributed by atoms with Crippen LogP contribution < -0.4 is 10.1 Å². The summed E-state index contributed by atoms with van der Waals surface area (Å²) in [6, 6.07) is 13.2. The third-order valence-electron chi connectivity index (χ3n) is 4.00. The van der Waals surface area contributed by atoms with Crippen molar-refractivity contribution in [3.05, 3.63) is 63.6 Å². The van der Waals surface area contributed by atoms with Gasteiger partial charge in [-0.2, -0.15) is 0 Å². The van der Waals surface area contributed by atoms with Crippen LogP contribution in [0.1, 0.15) is 24.0 Å². The molecule has 0 aliphatic carbocycles. The number of nitrogens with one attached hydrogen (secondary N) is 1. The maximum atomic E-state index is 6.03. The predicted molar refractivity (Wildman–Crippen MR) is 106 cm³/mol. The average molecular weight is 396 g/mol. The highest BCUT2D eigenvalue weighted by atomic mass is 35.5. The van der Waals surface area contributed by atoms with E-state index < -0.39 is 0 Å². The van der Waals surface area contributed by atoms with Gasteiger partial charge < -0.3 is 14.8 Å². The molecule has 1 aliphatic heterocycles. The minimum Gasteiger partial charge on any atom is -0.489 e. The molecular weight excluding hydrogens is 377 g/mol. The minimum absolute atomic E-state index is 0.257. The van der Waals surface area contributed by atoms with Crippen molar-refractivity contribution in [2.24, 2.45) is 0 Å². The van der Waals surface area contributed by atoms with Crippen LogP contribution in [0.25, 0.3) is 0 Å². The van der Waals surface area contributed by atoms with E-state index >= 15 is 0 Å². The van der Waals surface area contributed by atoms with Crippen LogP contribution in [0.15, 0.2) is 42.5 Å². The fourth-order valence-electron chi connectivity index (χ4n) is 2.64. The fourth-order valence-corrected chi connectivity index (χ4v) is 3.17. The number of ether oxygens (including phenoxy) is 2. The van der Waals surface area contributed by atoms with Crippen molar-refractivity contribution in [3.8, 4) is 5.75 Å². The van der Waals surface area contributed by atoms with Gasteiger partial charge in [0.15, 0.2) is 0 Å².